The van der Waals surface area contributed by atoms with Gasteiger partial charge in [0.15, 0.2) is 6.10 Å². The highest BCUT2D eigenvalue weighted by atomic mass is 35.5. The summed E-state index contributed by atoms with van der Waals surface area (Å²) in [6, 6.07) is 4.66. The molecule has 1 rings (SSSR count). The van der Waals surface area contributed by atoms with Gasteiger partial charge in [0.05, 0.1) is 5.02 Å². The lowest BCUT2D eigenvalue weighted by molar-refractivity contribution is -0.210. The fourth-order valence-corrected chi connectivity index (χ4v) is 1.38. The Bertz CT molecular complexity index is 384. The molecule has 0 saturated carbocycles. The number of halogens is 4. The van der Waals surface area contributed by atoms with Crippen molar-refractivity contribution in [1.29, 1.82) is 0 Å². The van der Waals surface area contributed by atoms with Crippen molar-refractivity contribution in [3.8, 4) is 5.75 Å². The molecule has 1 atom stereocenters. The monoisotopic (exact) mass is 269 g/mol. The number of benzene rings is 1. The molecule has 1 unspecified atom stereocenters. The number of alkyl halides is 3. The number of para-hydroxylation sites is 1. The first kappa shape index (κ1) is 14.1. The quantitative estimate of drug-likeness (QED) is 0.880. The van der Waals surface area contributed by atoms with Crippen molar-refractivity contribution in [1.82, 2.24) is 0 Å². The van der Waals surface area contributed by atoms with Gasteiger partial charge in [-0.1, -0.05) is 23.7 Å². The van der Waals surface area contributed by atoms with Crippen molar-refractivity contribution in [2.75, 3.05) is 6.61 Å². The molecule has 7 heteroatoms. The maximum atomic E-state index is 12.0. The highest BCUT2D eigenvalue weighted by Crippen LogP contribution is 2.29. The van der Waals surface area contributed by atoms with E-state index in [4.69, 9.17) is 27.2 Å². The number of hydrogen-bond acceptors (Lipinski definition) is 3. The summed E-state index contributed by atoms with van der Waals surface area (Å²) in [6.07, 6.45) is -7.27. The van der Waals surface area contributed by atoms with Crippen molar-refractivity contribution in [3.05, 3.63) is 28.8 Å². The van der Waals surface area contributed by atoms with Crippen LogP contribution in [-0.4, -0.2) is 24.0 Å². The van der Waals surface area contributed by atoms with Gasteiger partial charge < -0.3 is 15.6 Å². The van der Waals surface area contributed by atoms with Gasteiger partial charge in [0.2, 0.25) is 0 Å². The Morgan fingerprint density at radius 2 is 2.06 bits per heavy atom. The van der Waals surface area contributed by atoms with Crippen molar-refractivity contribution in [3.63, 3.8) is 0 Å². The Morgan fingerprint density at radius 1 is 1.41 bits per heavy atom. The van der Waals surface area contributed by atoms with Gasteiger partial charge in [-0.2, -0.15) is 13.2 Å². The second kappa shape index (κ2) is 5.57. The normalized spacial score (nSPS) is 13.5. The molecular weight excluding hydrogens is 259 g/mol. The predicted molar refractivity (Wildman–Crippen MR) is 56.9 cm³/mol. The summed E-state index contributed by atoms with van der Waals surface area (Å²) in [5.41, 5.74) is 5.87. The summed E-state index contributed by atoms with van der Waals surface area (Å²) in [4.78, 5) is 0. The zero-order chi connectivity index (χ0) is 13.1. The van der Waals surface area contributed by atoms with Crippen molar-refractivity contribution >= 4 is 11.6 Å². The first-order valence-corrected chi connectivity index (χ1v) is 5.09. The standard InChI is InChI=1S/C10H11ClF3NO2/c11-7-3-1-2-6(4-15)9(7)17-5-8(16)10(12,13)14/h1-3,8,16H,4-5,15H2. The first-order valence-electron chi connectivity index (χ1n) is 4.71. The molecule has 0 aliphatic carbocycles. The molecule has 3 nitrogen and oxygen atoms in total. The smallest absolute Gasteiger partial charge is 0.417 e. The van der Waals surface area contributed by atoms with E-state index in [0.29, 0.717) is 5.56 Å². The number of aliphatic hydroxyl groups excluding tert-OH is 1. The van der Waals surface area contributed by atoms with Gasteiger partial charge in [-0.05, 0) is 6.07 Å². The van der Waals surface area contributed by atoms with Crippen LogP contribution in [0.15, 0.2) is 18.2 Å². The van der Waals surface area contributed by atoms with Crippen LogP contribution in [0.3, 0.4) is 0 Å². The predicted octanol–water partition coefficient (Wildman–Crippen LogP) is 2.10. The van der Waals surface area contributed by atoms with Gasteiger partial charge in [0.25, 0.3) is 0 Å². The molecule has 0 heterocycles. The number of nitrogens with two attached hydrogens (primary N) is 1. The molecule has 0 radical (unpaired) electrons. The minimum absolute atomic E-state index is 0.0694. The summed E-state index contributed by atoms with van der Waals surface area (Å²) in [6.45, 7) is -0.835. The largest absolute Gasteiger partial charge is 0.489 e. The van der Waals surface area contributed by atoms with Gasteiger partial charge in [-0.3, -0.25) is 0 Å². The third-order valence-electron chi connectivity index (χ3n) is 2.03. The molecule has 17 heavy (non-hydrogen) atoms. The van der Waals surface area contributed by atoms with Gasteiger partial charge in [0, 0.05) is 12.1 Å². The molecule has 0 bridgehead atoms. The average Bonchev–Trinajstić information content (AvgIpc) is 2.25. The third-order valence-corrected chi connectivity index (χ3v) is 2.33. The number of hydrogen-bond donors (Lipinski definition) is 2. The van der Waals surface area contributed by atoms with Crippen molar-refractivity contribution in [2.45, 2.75) is 18.8 Å². The molecule has 0 aromatic heterocycles. The third kappa shape index (κ3) is 3.76. The van der Waals surface area contributed by atoms with Crippen LogP contribution in [0.5, 0.6) is 5.75 Å². The summed E-state index contributed by atoms with van der Waals surface area (Å²) >= 11 is 5.76. The van der Waals surface area contributed by atoms with E-state index in [1.807, 2.05) is 0 Å². The lowest BCUT2D eigenvalue weighted by atomic mass is 10.2. The Kier molecular flexibility index (Phi) is 4.62. The van der Waals surface area contributed by atoms with E-state index in [1.54, 1.807) is 12.1 Å². The SMILES string of the molecule is NCc1cccc(Cl)c1OCC(O)C(F)(F)F. The lowest BCUT2D eigenvalue weighted by Gasteiger charge is -2.17. The Balaban J connectivity index is 2.76. The fourth-order valence-electron chi connectivity index (χ4n) is 1.13. The topological polar surface area (TPSA) is 55.5 Å². The van der Waals surface area contributed by atoms with E-state index in [0.717, 1.165) is 0 Å². The number of aliphatic hydroxyl groups is 1. The van der Waals surface area contributed by atoms with E-state index in [1.165, 1.54) is 6.07 Å². The summed E-state index contributed by atoms with van der Waals surface area (Å²) in [5, 5.41) is 8.93. The highest BCUT2D eigenvalue weighted by molar-refractivity contribution is 6.32. The molecule has 0 spiro atoms. The summed E-state index contributed by atoms with van der Waals surface area (Å²) in [5.74, 6) is 0.0694. The minimum atomic E-state index is -4.72. The van der Waals surface area contributed by atoms with Gasteiger partial charge in [-0.25, -0.2) is 0 Å². The van der Waals surface area contributed by atoms with Crippen LogP contribution in [0.4, 0.5) is 13.2 Å². The van der Waals surface area contributed by atoms with E-state index >= 15 is 0 Å². The molecule has 0 fully saturated rings. The zero-order valence-corrected chi connectivity index (χ0v) is 9.42. The van der Waals surface area contributed by atoms with E-state index < -0.39 is 18.9 Å². The minimum Gasteiger partial charge on any atom is -0.489 e. The van der Waals surface area contributed by atoms with Crippen LogP contribution in [0.2, 0.25) is 5.02 Å². The molecule has 0 amide bonds. The van der Waals surface area contributed by atoms with Crippen LogP contribution in [0.1, 0.15) is 5.56 Å². The fraction of sp³-hybridized carbons (Fsp3) is 0.400. The van der Waals surface area contributed by atoms with E-state index in [2.05, 4.69) is 0 Å². The van der Waals surface area contributed by atoms with E-state index in [9.17, 15) is 13.2 Å². The molecule has 96 valence electrons. The van der Waals surface area contributed by atoms with Crippen molar-refractivity contribution < 1.29 is 23.0 Å². The molecule has 3 N–H and O–H groups in total. The number of rotatable bonds is 4. The Hall–Kier alpha value is -0.980. The molecule has 0 aliphatic rings. The average molecular weight is 270 g/mol. The molecule has 0 aliphatic heterocycles. The Labute approximate surface area is 101 Å². The van der Waals surface area contributed by atoms with Gasteiger partial charge in [-0.15, -0.1) is 0 Å². The van der Waals surface area contributed by atoms with Crippen LogP contribution in [-0.2, 0) is 6.54 Å². The van der Waals surface area contributed by atoms with Crippen molar-refractivity contribution in [2.24, 2.45) is 5.73 Å². The summed E-state index contributed by atoms with van der Waals surface area (Å²) < 4.78 is 41.0. The zero-order valence-electron chi connectivity index (χ0n) is 8.67. The first-order chi connectivity index (χ1) is 7.86. The molecule has 1 aromatic carbocycles. The second-order valence-corrected chi connectivity index (χ2v) is 3.71. The van der Waals surface area contributed by atoms with Crippen LogP contribution >= 0.6 is 11.6 Å². The maximum Gasteiger partial charge on any atom is 0.417 e. The maximum absolute atomic E-state index is 12.0. The lowest BCUT2D eigenvalue weighted by Crippen LogP contribution is -2.34. The second-order valence-electron chi connectivity index (χ2n) is 3.30. The van der Waals surface area contributed by atoms with Crippen LogP contribution in [0, 0.1) is 0 Å². The van der Waals surface area contributed by atoms with Crippen LogP contribution in [0.25, 0.3) is 0 Å². The molecule has 1 aromatic rings. The molecular formula is C10H11ClF3NO2. The van der Waals surface area contributed by atoms with Crippen LogP contribution < -0.4 is 10.5 Å². The van der Waals surface area contributed by atoms with E-state index in [-0.39, 0.29) is 17.3 Å². The van der Waals surface area contributed by atoms with Gasteiger partial charge in [0.1, 0.15) is 12.4 Å². The van der Waals surface area contributed by atoms with Gasteiger partial charge >= 0.3 is 6.18 Å². The Morgan fingerprint density at radius 3 is 2.59 bits per heavy atom. The number of ether oxygens (including phenoxy) is 1. The molecule has 0 saturated heterocycles. The summed E-state index contributed by atoms with van der Waals surface area (Å²) in [7, 11) is 0. The highest BCUT2D eigenvalue weighted by Gasteiger charge is 2.38.